The van der Waals surface area contributed by atoms with Gasteiger partial charge in [0.25, 0.3) is 11.5 Å². The molecule has 26 heavy (non-hydrogen) atoms. The lowest BCUT2D eigenvalue weighted by molar-refractivity contribution is -0.144. The van der Waals surface area contributed by atoms with Crippen LogP contribution < -0.4 is 16.0 Å². The van der Waals surface area contributed by atoms with E-state index in [1.54, 1.807) is 6.07 Å². The van der Waals surface area contributed by atoms with Gasteiger partial charge in [-0.3, -0.25) is 19.0 Å². The Balaban J connectivity index is 2.03. The molecule has 0 atom stereocenters. The fraction of sp³-hybridized carbons (Fsp3) is 0.235. The van der Waals surface area contributed by atoms with Crippen LogP contribution >= 0.6 is 0 Å². The third-order valence-corrected chi connectivity index (χ3v) is 4.04. The number of rotatable bonds is 4. The Kier molecular flexibility index (Phi) is 4.31. The van der Waals surface area contributed by atoms with Gasteiger partial charge < -0.3 is 10.5 Å². The highest BCUT2D eigenvalue weighted by Gasteiger charge is 2.35. The Morgan fingerprint density at radius 2 is 1.92 bits per heavy atom. The number of hydrogen-bond donors (Lipinski definition) is 1. The average Bonchev–Trinajstić information content (AvgIpc) is 3.02. The maximum Gasteiger partial charge on any atom is 0.431 e. The zero-order chi connectivity index (χ0) is 19.1. The van der Waals surface area contributed by atoms with Gasteiger partial charge in [-0.2, -0.15) is 13.2 Å². The Hall–Kier alpha value is -3.10. The van der Waals surface area contributed by atoms with Gasteiger partial charge in [0.05, 0.1) is 13.2 Å². The van der Waals surface area contributed by atoms with E-state index >= 15 is 0 Å². The van der Waals surface area contributed by atoms with Crippen molar-refractivity contribution in [3.05, 3.63) is 63.1 Å². The molecule has 0 saturated carbocycles. The molecule has 2 heterocycles. The summed E-state index contributed by atoms with van der Waals surface area (Å²) in [4.78, 5) is 35.9. The first-order chi connectivity index (χ1) is 12.2. The number of pyridine rings is 1. The van der Waals surface area contributed by atoms with Crippen molar-refractivity contribution in [1.29, 1.82) is 0 Å². The number of hydrogen-bond acceptors (Lipinski definition) is 4. The lowest BCUT2D eigenvalue weighted by Gasteiger charge is -2.15. The second-order valence-electron chi connectivity index (χ2n) is 5.73. The highest BCUT2D eigenvalue weighted by molar-refractivity contribution is 5.96. The van der Waals surface area contributed by atoms with Crippen molar-refractivity contribution in [3.8, 4) is 5.75 Å². The number of nitrogens with zero attached hydrogens (tertiary/aromatic N) is 1. The van der Waals surface area contributed by atoms with Gasteiger partial charge in [0.15, 0.2) is 5.78 Å². The molecule has 2 aromatic rings. The SMILES string of the molecule is NC(=O)c1ccc(C(F)(F)F)n(CC(=O)c2ccc3c(c2)CCO3)c1=O. The minimum absolute atomic E-state index is 0.152. The van der Waals surface area contributed by atoms with Crippen molar-refractivity contribution >= 4 is 11.7 Å². The molecule has 3 rings (SSSR count). The van der Waals surface area contributed by atoms with Crippen molar-refractivity contribution in [3.63, 3.8) is 0 Å². The molecule has 0 saturated heterocycles. The van der Waals surface area contributed by atoms with Crippen molar-refractivity contribution in [2.24, 2.45) is 5.73 Å². The standard InChI is InChI=1S/C17H13F3N2O4/c18-17(19,20)14-4-2-11(15(21)24)16(25)22(14)8-12(23)9-1-3-13-10(7-9)5-6-26-13/h1-4,7H,5-6,8H2,(H2,21,24). The lowest BCUT2D eigenvalue weighted by Crippen LogP contribution is -2.35. The van der Waals surface area contributed by atoms with E-state index in [2.05, 4.69) is 0 Å². The van der Waals surface area contributed by atoms with Crippen molar-refractivity contribution in [1.82, 2.24) is 4.57 Å². The molecule has 1 aromatic carbocycles. The number of fused-ring (bicyclic) bond motifs is 1. The van der Waals surface area contributed by atoms with Crippen molar-refractivity contribution in [2.45, 2.75) is 19.1 Å². The number of ether oxygens (including phenoxy) is 1. The van der Waals surface area contributed by atoms with Gasteiger partial charge in [-0.15, -0.1) is 0 Å². The summed E-state index contributed by atoms with van der Waals surface area (Å²) >= 11 is 0. The number of amides is 1. The average molecular weight is 366 g/mol. The van der Waals surface area contributed by atoms with E-state index in [0.717, 1.165) is 5.56 Å². The molecule has 0 aliphatic carbocycles. The Morgan fingerprint density at radius 3 is 2.58 bits per heavy atom. The van der Waals surface area contributed by atoms with Crippen molar-refractivity contribution in [2.75, 3.05) is 6.61 Å². The van der Waals surface area contributed by atoms with Crippen LogP contribution in [-0.4, -0.2) is 22.9 Å². The summed E-state index contributed by atoms with van der Waals surface area (Å²) in [6, 6.07) is 5.78. The number of nitrogens with two attached hydrogens (primary N) is 1. The van der Waals surface area contributed by atoms with Crippen LogP contribution in [0.25, 0.3) is 0 Å². The first kappa shape index (κ1) is 17.7. The maximum absolute atomic E-state index is 13.2. The Bertz CT molecular complexity index is 963. The van der Waals surface area contributed by atoms with Crippen LogP contribution in [0.3, 0.4) is 0 Å². The number of Topliss-reactive ketones (excluding diaryl/α,β-unsaturated/α-hetero) is 1. The largest absolute Gasteiger partial charge is 0.493 e. The molecule has 2 N–H and O–H groups in total. The molecule has 0 bridgehead atoms. The summed E-state index contributed by atoms with van der Waals surface area (Å²) in [5.41, 5.74) is 2.73. The molecule has 1 aromatic heterocycles. The minimum Gasteiger partial charge on any atom is -0.493 e. The molecule has 1 amide bonds. The number of ketones is 1. The van der Waals surface area contributed by atoms with Gasteiger partial charge in [-0.05, 0) is 35.9 Å². The van der Waals surface area contributed by atoms with Crippen LogP contribution in [0.1, 0.15) is 32.0 Å². The van der Waals surface area contributed by atoms with E-state index in [1.165, 1.54) is 12.1 Å². The molecule has 0 spiro atoms. The fourth-order valence-electron chi connectivity index (χ4n) is 2.77. The van der Waals surface area contributed by atoms with Gasteiger partial charge in [-0.1, -0.05) is 0 Å². The Morgan fingerprint density at radius 1 is 1.19 bits per heavy atom. The van der Waals surface area contributed by atoms with Gasteiger partial charge in [0.1, 0.15) is 17.0 Å². The predicted molar refractivity (Wildman–Crippen MR) is 84.2 cm³/mol. The van der Waals surface area contributed by atoms with Crippen molar-refractivity contribution < 1.29 is 27.5 Å². The summed E-state index contributed by atoms with van der Waals surface area (Å²) in [6.07, 6.45) is -4.29. The zero-order valence-electron chi connectivity index (χ0n) is 13.3. The number of alkyl halides is 3. The highest BCUT2D eigenvalue weighted by Crippen LogP contribution is 2.29. The van der Waals surface area contributed by atoms with Crippen LogP contribution in [0.5, 0.6) is 5.75 Å². The maximum atomic E-state index is 13.2. The first-order valence-corrected chi connectivity index (χ1v) is 7.58. The molecule has 6 nitrogen and oxygen atoms in total. The quantitative estimate of drug-likeness (QED) is 0.835. The second-order valence-corrected chi connectivity index (χ2v) is 5.73. The number of aromatic nitrogens is 1. The number of primary amides is 1. The van der Waals surface area contributed by atoms with E-state index in [4.69, 9.17) is 10.5 Å². The molecular weight excluding hydrogens is 353 g/mol. The predicted octanol–water partition coefficient (Wildman–Crippen LogP) is 1.78. The van der Waals surface area contributed by atoms with Gasteiger partial charge >= 0.3 is 6.18 Å². The summed E-state index contributed by atoms with van der Waals surface area (Å²) < 4.78 is 45.1. The smallest absolute Gasteiger partial charge is 0.431 e. The van der Waals surface area contributed by atoms with Crippen LogP contribution in [0.15, 0.2) is 35.1 Å². The van der Waals surface area contributed by atoms with E-state index in [-0.39, 0.29) is 10.1 Å². The Labute approximate surface area is 145 Å². The van der Waals surface area contributed by atoms with Crippen LogP contribution in [0, 0.1) is 0 Å². The van der Waals surface area contributed by atoms with Crippen LogP contribution in [0.4, 0.5) is 13.2 Å². The molecular formula is C17H13F3N2O4. The molecule has 9 heteroatoms. The van der Waals surface area contributed by atoms with E-state index in [0.29, 0.717) is 30.9 Å². The molecule has 0 fully saturated rings. The normalized spacial score (nSPS) is 13.2. The monoisotopic (exact) mass is 366 g/mol. The summed E-state index contributed by atoms with van der Waals surface area (Å²) in [5, 5.41) is 0. The zero-order valence-corrected chi connectivity index (χ0v) is 13.3. The second kappa shape index (κ2) is 6.32. The van der Waals surface area contributed by atoms with E-state index < -0.39 is 41.2 Å². The summed E-state index contributed by atoms with van der Waals surface area (Å²) in [7, 11) is 0. The first-order valence-electron chi connectivity index (χ1n) is 7.58. The highest BCUT2D eigenvalue weighted by atomic mass is 19.4. The van der Waals surface area contributed by atoms with Crippen LogP contribution in [0.2, 0.25) is 0 Å². The molecule has 136 valence electrons. The topological polar surface area (TPSA) is 91.4 Å². The lowest BCUT2D eigenvalue weighted by atomic mass is 10.1. The van der Waals surface area contributed by atoms with Gasteiger partial charge in [-0.25, -0.2) is 0 Å². The molecule has 0 radical (unpaired) electrons. The van der Waals surface area contributed by atoms with Gasteiger partial charge in [0, 0.05) is 12.0 Å². The molecule has 1 aliphatic heterocycles. The third-order valence-electron chi connectivity index (χ3n) is 4.04. The fourth-order valence-corrected chi connectivity index (χ4v) is 2.77. The number of carbonyl (C=O) groups excluding carboxylic acids is 2. The van der Waals surface area contributed by atoms with Crippen LogP contribution in [-0.2, 0) is 19.1 Å². The number of halogens is 3. The summed E-state index contributed by atoms with van der Waals surface area (Å²) in [6.45, 7) is -0.403. The number of benzene rings is 1. The van der Waals surface area contributed by atoms with E-state index in [1.807, 2.05) is 0 Å². The third kappa shape index (κ3) is 3.19. The summed E-state index contributed by atoms with van der Waals surface area (Å²) in [5.74, 6) is -1.25. The molecule has 1 aliphatic rings. The van der Waals surface area contributed by atoms with E-state index in [9.17, 15) is 27.6 Å². The minimum atomic E-state index is -4.87. The van der Waals surface area contributed by atoms with Gasteiger partial charge in [0.2, 0.25) is 0 Å². The molecule has 0 unspecified atom stereocenters. The number of carbonyl (C=O) groups is 2.